The number of hydrogen-bond acceptors (Lipinski definition) is 6. The SMILES string of the molecule is COc1ccc([C@H]2C(C(=O)OC(C)C)=C(C)N=c3sc(=Cc4c(C)[nH]c5ccccc45)c(=O)n32)cc1. The van der Waals surface area contributed by atoms with Crippen LogP contribution in [-0.4, -0.2) is 28.7 Å². The van der Waals surface area contributed by atoms with Crippen LogP contribution in [0.3, 0.4) is 0 Å². The highest BCUT2D eigenvalue weighted by atomic mass is 32.1. The summed E-state index contributed by atoms with van der Waals surface area (Å²) < 4.78 is 13.0. The van der Waals surface area contributed by atoms with Gasteiger partial charge >= 0.3 is 5.97 Å². The van der Waals surface area contributed by atoms with Crippen molar-refractivity contribution in [3.05, 3.63) is 96.3 Å². The van der Waals surface area contributed by atoms with E-state index in [-0.39, 0.29) is 11.7 Å². The van der Waals surface area contributed by atoms with E-state index < -0.39 is 12.0 Å². The topological polar surface area (TPSA) is 85.7 Å². The molecule has 0 unspecified atom stereocenters. The molecule has 2 aromatic heterocycles. The zero-order valence-electron chi connectivity index (χ0n) is 20.8. The van der Waals surface area contributed by atoms with Crippen LogP contribution in [0, 0.1) is 6.92 Å². The van der Waals surface area contributed by atoms with Crippen LogP contribution in [-0.2, 0) is 9.53 Å². The molecular weight excluding hydrogens is 474 g/mol. The van der Waals surface area contributed by atoms with Crippen LogP contribution < -0.4 is 19.6 Å². The van der Waals surface area contributed by atoms with Crippen molar-refractivity contribution in [2.75, 3.05) is 7.11 Å². The number of allylic oxidation sites excluding steroid dienone is 1. The molecule has 1 aliphatic rings. The average molecular weight is 502 g/mol. The number of nitrogens with one attached hydrogen (secondary N) is 1. The fourth-order valence-electron chi connectivity index (χ4n) is 4.58. The summed E-state index contributed by atoms with van der Waals surface area (Å²) in [6.45, 7) is 7.38. The number of rotatable bonds is 5. The van der Waals surface area contributed by atoms with Crippen molar-refractivity contribution in [1.29, 1.82) is 0 Å². The Morgan fingerprint density at radius 1 is 1.14 bits per heavy atom. The Balaban J connectivity index is 1.74. The van der Waals surface area contributed by atoms with Gasteiger partial charge in [-0.05, 0) is 57.5 Å². The van der Waals surface area contributed by atoms with Gasteiger partial charge in [-0.25, -0.2) is 9.79 Å². The number of hydrogen-bond donors (Lipinski definition) is 1. The predicted octanol–water partition coefficient (Wildman–Crippen LogP) is 3.99. The summed E-state index contributed by atoms with van der Waals surface area (Å²) in [5.74, 6) is 0.210. The van der Waals surface area contributed by atoms with Crippen molar-refractivity contribution in [2.24, 2.45) is 4.99 Å². The lowest BCUT2D eigenvalue weighted by Crippen LogP contribution is -2.40. The highest BCUT2D eigenvalue weighted by molar-refractivity contribution is 7.07. The molecule has 0 amide bonds. The van der Waals surface area contributed by atoms with E-state index in [1.165, 1.54) is 11.3 Å². The molecule has 0 radical (unpaired) electrons. The number of aryl methyl sites for hydroxylation is 1. The molecule has 0 bridgehead atoms. The number of aromatic nitrogens is 2. The van der Waals surface area contributed by atoms with Crippen molar-refractivity contribution >= 4 is 34.3 Å². The molecular formula is C28H27N3O4S. The minimum Gasteiger partial charge on any atom is -0.497 e. The Hall–Kier alpha value is -3.91. The monoisotopic (exact) mass is 501 g/mol. The molecule has 4 aromatic rings. The smallest absolute Gasteiger partial charge is 0.338 e. The molecule has 3 heterocycles. The third-order valence-electron chi connectivity index (χ3n) is 6.23. The second-order valence-electron chi connectivity index (χ2n) is 9.02. The van der Waals surface area contributed by atoms with Crippen LogP contribution in [0.5, 0.6) is 5.75 Å². The lowest BCUT2D eigenvalue weighted by Gasteiger charge is -2.25. The highest BCUT2D eigenvalue weighted by Crippen LogP contribution is 2.32. The number of fused-ring (bicyclic) bond motifs is 2. The molecule has 36 heavy (non-hydrogen) atoms. The minimum absolute atomic E-state index is 0.202. The van der Waals surface area contributed by atoms with Crippen molar-refractivity contribution in [1.82, 2.24) is 9.55 Å². The highest BCUT2D eigenvalue weighted by Gasteiger charge is 2.33. The van der Waals surface area contributed by atoms with Crippen LogP contribution in [0.15, 0.2) is 69.6 Å². The quantitative estimate of drug-likeness (QED) is 0.419. The van der Waals surface area contributed by atoms with Gasteiger partial charge in [0.1, 0.15) is 5.75 Å². The number of carbonyl (C=O) groups is 1. The van der Waals surface area contributed by atoms with Crippen molar-refractivity contribution in [3.63, 3.8) is 0 Å². The third-order valence-corrected chi connectivity index (χ3v) is 7.22. The van der Waals surface area contributed by atoms with Gasteiger partial charge in [-0.1, -0.05) is 41.7 Å². The van der Waals surface area contributed by atoms with E-state index in [1.54, 1.807) is 32.4 Å². The third kappa shape index (κ3) is 4.07. The standard InChI is InChI=1S/C28H27N3O4S/c1-15(2)35-27(33)24-17(4)30-28-31(25(24)18-10-12-19(34-5)13-11-18)26(32)23(36-28)14-21-16(3)29-22-9-7-6-8-20(21)22/h6-15,25,29H,1-5H3/t25-/m0/s1. The molecule has 184 valence electrons. The predicted molar refractivity (Wildman–Crippen MR) is 141 cm³/mol. The number of para-hydroxylation sites is 1. The first-order valence-electron chi connectivity index (χ1n) is 11.7. The van der Waals surface area contributed by atoms with E-state index in [9.17, 15) is 9.59 Å². The molecule has 0 saturated carbocycles. The molecule has 0 saturated heterocycles. The number of nitrogens with zero attached hydrogens (tertiary/aromatic N) is 2. The van der Waals surface area contributed by atoms with Gasteiger partial charge in [-0.15, -0.1) is 0 Å². The van der Waals surface area contributed by atoms with E-state index in [0.717, 1.165) is 27.7 Å². The van der Waals surface area contributed by atoms with Gasteiger partial charge in [0.15, 0.2) is 4.80 Å². The Bertz CT molecular complexity index is 1690. The summed E-state index contributed by atoms with van der Waals surface area (Å²) in [4.78, 5) is 35.7. The van der Waals surface area contributed by atoms with Gasteiger partial charge in [0.25, 0.3) is 5.56 Å². The van der Waals surface area contributed by atoms with E-state index in [0.29, 0.717) is 26.4 Å². The van der Waals surface area contributed by atoms with Gasteiger partial charge in [-0.2, -0.15) is 0 Å². The van der Waals surface area contributed by atoms with Crippen LogP contribution >= 0.6 is 11.3 Å². The van der Waals surface area contributed by atoms with Crippen LogP contribution in [0.4, 0.5) is 0 Å². The number of aromatic amines is 1. The fraction of sp³-hybridized carbons (Fsp3) is 0.250. The number of benzene rings is 2. The summed E-state index contributed by atoms with van der Waals surface area (Å²) in [5.41, 5.74) is 4.43. The van der Waals surface area contributed by atoms with Crippen molar-refractivity contribution in [2.45, 2.75) is 39.8 Å². The summed E-state index contributed by atoms with van der Waals surface area (Å²) >= 11 is 1.32. The normalized spacial score (nSPS) is 15.8. The maximum absolute atomic E-state index is 13.9. The molecule has 1 N–H and O–H groups in total. The summed E-state index contributed by atoms with van der Waals surface area (Å²) in [6, 6.07) is 14.7. The van der Waals surface area contributed by atoms with Crippen molar-refractivity contribution in [3.8, 4) is 5.75 Å². The molecule has 0 fully saturated rings. The number of ether oxygens (including phenoxy) is 2. The minimum atomic E-state index is -0.662. The van der Waals surface area contributed by atoms with Gasteiger partial charge in [0, 0.05) is 22.2 Å². The summed E-state index contributed by atoms with van der Waals surface area (Å²) in [5, 5.41) is 1.05. The molecule has 5 rings (SSSR count). The Labute approximate surface area is 212 Å². The molecule has 1 aliphatic heterocycles. The van der Waals surface area contributed by atoms with E-state index in [1.807, 2.05) is 61.5 Å². The Morgan fingerprint density at radius 2 is 1.86 bits per heavy atom. The Kier molecular flexibility index (Phi) is 6.14. The van der Waals surface area contributed by atoms with Gasteiger partial charge in [-0.3, -0.25) is 9.36 Å². The second-order valence-corrected chi connectivity index (χ2v) is 10.0. The molecule has 7 nitrogen and oxygen atoms in total. The molecule has 1 atom stereocenters. The van der Waals surface area contributed by atoms with Crippen LogP contribution in [0.1, 0.15) is 43.6 Å². The molecule has 0 spiro atoms. The van der Waals surface area contributed by atoms with E-state index >= 15 is 0 Å². The molecule has 0 aliphatic carbocycles. The first-order chi connectivity index (χ1) is 17.3. The fourth-order valence-corrected chi connectivity index (χ4v) is 5.61. The van der Waals surface area contributed by atoms with Crippen LogP contribution in [0.2, 0.25) is 0 Å². The zero-order chi connectivity index (χ0) is 25.6. The summed E-state index contributed by atoms with van der Waals surface area (Å²) in [7, 11) is 1.60. The van der Waals surface area contributed by atoms with Gasteiger partial charge in [0.05, 0.1) is 35.1 Å². The number of thiazole rings is 1. The lowest BCUT2D eigenvalue weighted by molar-refractivity contribution is -0.143. The van der Waals surface area contributed by atoms with Gasteiger partial charge in [0.2, 0.25) is 0 Å². The number of carbonyl (C=O) groups excluding carboxylic acids is 1. The number of methoxy groups -OCH3 is 1. The Morgan fingerprint density at radius 3 is 2.56 bits per heavy atom. The van der Waals surface area contributed by atoms with Gasteiger partial charge < -0.3 is 14.5 Å². The van der Waals surface area contributed by atoms with Crippen LogP contribution in [0.25, 0.3) is 17.0 Å². The molecule has 2 aromatic carbocycles. The first kappa shape index (κ1) is 23.8. The maximum Gasteiger partial charge on any atom is 0.338 e. The van der Waals surface area contributed by atoms with E-state index in [2.05, 4.69) is 9.98 Å². The number of esters is 1. The van der Waals surface area contributed by atoms with E-state index in [4.69, 9.17) is 9.47 Å². The zero-order valence-corrected chi connectivity index (χ0v) is 21.6. The summed E-state index contributed by atoms with van der Waals surface area (Å²) in [6.07, 6.45) is 1.61. The lowest BCUT2D eigenvalue weighted by atomic mass is 9.96. The molecule has 8 heteroatoms. The largest absolute Gasteiger partial charge is 0.497 e. The second kappa shape index (κ2) is 9.28. The number of H-pyrrole nitrogens is 1. The average Bonchev–Trinajstić information content (AvgIpc) is 3.33. The van der Waals surface area contributed by atoms with Crippen molar-refractivity contribution < 1.29 is 14.3 Å². The first-order valence-corrected chi connectivity index (χ1v) is 12.5. The maximum atomic E-state index is 13.9.